The van der Waals surface area contributed by atoms with Gasteiger partial charge in [-0.3, -0.25) is 0 Å². The van der Waals surface area contributed by atoms with Gasteiger partial charge in [-0.05, 0) is 50.1 Å². The average Bonchev–Trinajstić information content (AvgIpc) is 2.97. The lowest BCUT2D eigenvalue weighted by Crippen LogP contribution is -2.08. The van der Waals surface area contributed by atoms with E-state index in [1.54, 1.807) is 6.92 Å². The summed E-state index contributed by atoms with van der Waals surface area (Å²) >= 11 is 0. The largest absolute Gasteiger partial charge is 0.331 e. The minimum atomic E-state index is -0.165. The van der Waals surface area contributed by atoms with E-state index in [2.05, 4.69) is 4.57 Å². The van der Waals surface area contributed by atoms with Gasteiger partial charge in [-0.25, -0.2) is 9.37 Å². The Balaban J connectivity index is 2.09. The van der Waals surface area contributed by atoms with Crippen molar-refractivity contribution in [1.82, 2.24) is 9.55 Å². The van der Waals surface area contributed by atoms with Crippen LogP contribution in [0.4, 0.5) is 4.39 Å². The molecule has 0 saturated heterocycles. The number of halogens is 1. The lowest BCUT2D eigenvalue weighted by molar-refractivity contribution is 0.618. The highest BCUT2D eigenvalue weighted by atomic mass is 19.1. The lowest BCUT2D eigenvalue weighted by Gasteiger charge is -2.03. The standard InChI is InChI=1S/C15H18FN3/c1-10-9-11(4-5-12(10)16)15-13-3-2-8-19(13)14(18-15)6-7-17/h4-5,9H,2-3,6-8,17H2,1H3. The minimum Gasteiger partial charge on any atom is -0.331 e. The monoisotopic (exact) mass is 259 g/mol. The first-order valence-electron chi connectivity index (χ1n) is 6.75. The molecule has 2 heterocycles. The Kier molecular flexibility index (Phi) is 3.11. The van der Waals surface area contributed by atoms with Gasteiger partial charge in [0, 0.05) is 24.2 Å². The van der Waals surface area contributed by atoms with Crippen molar-refractivity contribution in [3.8, 4) is 11.3 Å². The van der Waals surface area contributed by atoms with Gasteiger partial charge >= 0.3 is 0 Å². The van der Waals surface area contributed by atoms with Gasteiger partial charge in [0.1, 0.15) is 11.6 Å². The molecule has 0 bridgehead atoms. The fraction of sp³-hybridized carbons (Fsp3) is 0.400. The van der Waals surface area contributed by atoms with Crippen LogP contribution in [0, 0.1) is 12.7 Å². The lowest BCUT2D eigenvalue weighted by atomic mass is 10.1. The number of hydrogen-bond donors (Lipinski definition) is 1. The molecule has 0 fully saturated rings. The van der Waals surface area contributed by atoms with Crippen molar-refractivity contribution < 1.29 is 4.39 Å². The number of rotatable bonds is 3. The van der Waals surface area contributed by atoms with Crippen molar-refractivity contribution in [3.05, 3.63) is 41.1 Å². The first kappa shape index (κ1) is 12.4. The molecule has 3 nitrogen and oxygen atoms in total. The smallest absolute Gasteiger partial charge is 0.126 e. The highest BCUT2D eigenvalue weighted by Gasteiger charge is 2.22. The van der Waals surface area contributed by atoms with Gasteiger partial charge in [-0.15, -0.1) is 0 Å². The molecule has 19 heavy (non-hydrogen) atoms. The van der Waals surface area contributed by atoms with Crippen LogP contribution in [0.5, 0.6) is 0 Å². The molecule has 2 aromatic rings. The molecular formula is C15H18FN3. The van der Waals surface area contributed by atoms with Crippen molar-refractivity contribution in [2.24, 2.45) is 5.73 Å². The Morgan fingerprint density at radius 1 is 1.42 bits per heavy atom. The van der Waals surface area contributed by atoms with E-state index in [-0.39, 0.29) is 5.82 Å². The van der Waals surface area contributed by atoms with Crippen LogP contribution >= 0.6 is 0 Å². The molecular weight excluding hydrogens is 241 g/mol. The van der Waals surface area contributed by atoms with E-state index in [1.165, 1.54) is 11.8 Å². The van der Waals surface area contributed by atoms with E-state index >= 15 is 0 Å². The van der Waals surface area contributed by atoms with E-state index in [4.69, 9.17) is 10.7 Å². The van der Waals surface area contributed by atoms with Crippen LogP contribution in [0.2, 0.25) is 0 Å². The third-order valence-electron chi connectivity index (χ3n) is 3.75. The Labute approximate surface area is 112 Å². The molecule has 1 aliphatic rings. The average molecular weight is 259 g/mol. The normalized spacial score (nSPS) is 13.8. The molecule has 0 unspecified atom stereocenters. The molecule has 4 heteroatoms. The van der Waals surface area contributed by atoms with Crippen LogP contribution in [-0.4, -0.2) is 16.1 Å². The van der Waals surface area contributed by atoms with Crippen LogP contribution in [0.15, 0.2) is 18.2 Å². The van der Waals surface area contributed by atoms with E-state index in [0.717, 1.165) is 42.9 Å². The zero-order valence-electron chi connectivity index (χ0n) is 11.1. The molecule has 1 aromatic carbocycles. The number of aromatic nitrogens is 2. The van der Waals surface area contributed by atoms with Crippen LogP contribution < -0.4 is 5.73 Å². The molecule has 0 atom stereocenters. The number of imidazole rings is 1. The predicted molar refractivity (Wildman–Crippen MR) is 73.4 cm³/mol. The molecule has 2 N–H and O–H groups in total. The number of fused-ring (bicyclic) bond motifs is 1. The van der Waals surface area contributed by atoms with E-state index in [9.17, 15) is 4.39 Å². The van der Waals surface area contributed by atoms with Crippen LogP contribution in [0.1, 0.15) is 23.5 Å². The highest BCUT2D eigenvalue weighted by Crippen LogP contribution is 2.30. The first-order chi connectivity index (χ1) is 9.20. The number of hydrogen-bond acceptors (Lipinski definition) is 2. The summed E-state index contributed by atoms with van der Waals surface area (Å²) in [5, 5.41) is 0. The van der Waals surface area contributed by atoms with Crippen molar-refractivity contribution in [3.63, 3.8) is 0 Å². The molecule has 0 spiro atoms. The molecule has 0 saturated carbocycles. The quantitative estimate of drug-likeness (QED) is 0.920. The van der Waals surface area contributed by atoms with Crippen molar-refractivity contribution in [2.75, 3.05) is 6.54 Å². The maximum absolute atomic E-state index is 13.4. The summed E-state index contributed by atoms with van der Waals surface area (Å²) in [6.45, 7) is 3.42. The summed E-state index contributed by atoms with van der Waals surface area (Å²) in [5.41, 5.74) is 9.59. The van der Waals surface area contributed by atoms with Crippen molar-refractivity contribution in [2.45, 2.75) is 32.7 Å². The maximum atomic E-state index is 13.4. The van der Waals surface area contributed by atoms with E-state index in [0.29, 0.717) is 12.1 Å². The van der Waals surface area contributed by atoms with E-state index in [1.807, 2.05) is 12.1 Å². The Bertz CT molecular complexity index is 616. The van der Waals surface area contributed by atoms with Gasteiger partial charge in [0.15, 0.2) is 0 Å². The Hall–Kier alpha value is -1.68. The van der Waals surface area contributed by atoms with Gasteiger partial charge in [-0.2, -0.15) is 0 Å². The zero-order chi connectivity index (χ0) is 13.4. The highest BCUT2D eigenvalue weighted by molar-refractivity contribution is 5.64. The molecule has 0 amide bonds. The zero-order valence-corrected chi connectivity index (χ0v) is 11.1. The van der Waals surface area contributed by atoms with Crippen molar-refractivity contribution >= 4 is 0 Å². The van der Waals surface area contributed by atoms with Gasteiger partial charge in [0.2, 0.25) is 0 Å². The number of aryl methyl sites for hydroxylation is 1. The molecule has 100 valence electrons. The van der Waals surface area contributed by atoms with Gasteiger partial charge < -0.3 is 10.3 Å². The summed E-state index contributed by atoms with van der Waals surface area (Å²) in [7, 11) is 0. The van der Waals surface area contributed by atoms with Crippen LogP contribution in [0.25, 0.3) is 11.3 Å². The number of nitrogens with two attached hydrogens (primary N) is 1. The summed E-state index contributed by atoms with van der Waals surface area (Å²) in [5.74, 6) is 0.897. The summed E-state index contributed by atoms with van der Waals surface area (Å²) in [6.07, 6.45) is 3.00. The molecule has 0 radical (unpaired) electrons. The second-order valence-corrected chi connectivity index (χ2v) is 5.08. The van der Waals surface area contributed by atoms with Crippen LogP contribution in [0.3, 0.4) is 0 Å². The topological polar surface area (TPSA) is 43.8 Å². The Morgan fingerprint density at radius 3 is 3.00 bits per heavy atom. The van der Waals surface area contributed by atoms with E-state index < -0.39 is 0 Å². The number of nitrogens with zero attached hydrogens (tertiary/aromatic N) is 2. The summed E-state index contributed by atoms with van der Waals surface area (Å²) in [6, 6.07) is 5.22. The van der Waals surface area contributed by atoms with Gasteiger partial charge in [0.05, 0.1) is 5.69 Å². The fourth-order valence-electron chi connectivity index (χ4n) is 2.80. The molecule has 1 aromatic heterocycles. The SMILES string of the molecule is Cc1cc(-c2nc(CCN)n3c2CCC3)ccc1F. The molecule has 3 rings (SSSR count). The third-order valence-corrected chi connectivity index (χ3v) is 3.75. The second kappa shape index (κ2) is 4.78. The predicted octanol–water partition coefficient (Wildman–Crippen LogP) is 2.45. The Morgan fingerprint density at radius 2 is 2.26 bits per heavy atom. The maximum Gasteiger partial charge on any atom is 0.126 e. The van der Waals surface area contributed by atoms with Gasteiger partial charge in [0.25, 0.3) is 0 Å². The van der Waals surface area contributed by atoms with Crippen LogP contribution in [-0.2, 0) is 19.4 Å². The summed E-state index contributed by atoms with van der Waals surface area (Å²) in [4.78, 5) is 4.72. The number of benzene rings is 1. The molecule has 1 aliphatic heterocycles. The molecule has 0 aliphatic carbocycles. The van der Waals surface area contributed by atoms with Crippen molar-refractivity contribution in [1.29, 1.82) is 0 Å². The fourth-order valence-corrected chi connectivity index (χ4v) is 2.80. The van der Waals surface area contributed by atoms with Gasteiger partial charge in [-0.1, -0.05) is 0 Å². The minimum absolute atomic E-state index is 0.165. The summed E-state index contributed by atoms with van der Waals surface area (Å²) < 4.78 is 15.7. The second-order valence-electron chi connectivity index (χ2n) is 5.08. The third kappa shape index (κ3) is 2.06. The first-order valence-corrected chi connectivity index (χ1v) is 6.75.